The summed E-state index contributed by atoms with van der Waals surface area (Å²) in [6, 6.07) is 35.6. The molecule has 0 atom stereocenters. The van der Waals surface area contributed by atoms with Crippen LogP contribution in [-0.2, 0) is 19.6 Å². The monoisotopic (exact) mass is 502 g/mol. The summed E-state index contributed by atoms with van der Waals surface area (Å²) >= 11 is 0. The third kappa shape index (κ3) is 6.01. The molecule has 0 unspecified atom stereocenters. The first-order chi connectivity index (χ1) is 18.7. The van der Waals surface area contributed by atoms with Gasteiger partial charge in [0.05, 0.1) is 7.11 Å². The highest BCUT2D eigenvalue weighted by molar-refractivity contribution is 6.07. The van der Waals surface area contributed by atoms with Crippen molar-refractivity contribution in [2.45, 2.75) is 19.6 Å². The van der Waals surface area contributed by atoms with Crippen LogP contribution in [0.15, 0.2) is 115 Å². The van der Waals surface area contributed by atoms with Crippen LogP contribution in [0.5, 0.6) is 11.5 Å². The number of amides is 1. The van der Waals surface area contributed by atoms with Gasteiger partial charge in [-0.25, -0.2) is 0 Å². The maximum absolute atomic E-state index is 13.9. The Labute approximate surface area is 223 Å². The van der Waals surface area contributed by atoms with E-state index in [2.05, 4.69) is 4.98 Å². The van der Waals surface area contributed by atoms with E-state index in [1.54, 1.807) is 13.3 Å². The fourth-order valence-corrected chi connectivity index (χ4v) is 4.52. The molecule has 0 N–H and O–H groups in total. The van der Waals surface area contributed by atoms with E-state index >= 15 is 0 Å². The van der Waals surface area contributed by atoms with Gasteiger partial charge in [-0.1, -0.05) is 78.9 Å². The highest BCUT2D eigenvalue weighted by atomic mass is 16.5. The van der Waals surface area contributed by atoms with Gasteiger partial charge in [0.2, 0.25) is 0 Å². The Kier molecular flexibility index (Phi) is 7.95. The van der Waals surface area contributed by atoms with Crippen LogP contribution in [0.2, 0.25) is 0 Å². The number of hydrogen-bond donors (Lipinski definition) is 0. The van der Waals surface area contributed by atoms with Crippen LogP contribution in [0.4, 0.5) is 0 Å². The molecule has 0 saturated carbocycles. The second-order valence-electron chi connectivity index (χ2n) is 9.08. The summed E-state index contributed by atoms with van der Waals surface area (Å²) in [6.45, 7) is 1.42. The van der Waals surface area contributed by atoms with E-state index in [-0.39, 0.29) is 5.91 Å². The number of carbonyl (C=O) groups is 1. The van der Waals surface area contributed by atoms with Gasteiger partial charge < -0.3 is 14.4 Å². The first kappa shape index (κ1) is 25.0. The molecule has 5 rings (SSSR count). The maximum Gasteiger partial charge on any atom is 0.254 e. The van der Waals surface area contributed by atoms with Crippen LogP contribution < -0.4 is 9.47 Å². The predicted molar refractivity (Wildman–Crippen MR) is 150 cm³/mol. The lowest BCUT2D eigenvalue weighted by Gasteiger charge is -2.24. The minimum absolute atomic E-state index is 0.0129. The van der Waals surface area contributed by atoms with E-state index in [0.717, 1.165) is 27.6 Å². The number of aromatic nitrogens is 1. The molecule has 5 aromatic rings. The van der Waals surface area contributed by atoms with Crippen LogP contribution in [0.25, 0.3) is 10.8 Å². The lowest BCUT2D eigenvalue weighted by atomic mass is 10.0. The minimum atomic E-state index is -0.0129. The maximum atomic E-state index is 13.9. The van der Waals surface area contributed by atoms with Crippen LogP contribution in [0.3, 0.4) is 0 Å². The Morgan fingerprint density at radius 3 is 2.39 bits per heavy atom. The van der Waals surface area contributed by atoms with Crippen molar-refractivity contribution in [3.8, 4) is 11.5 Å². The molecule has 0 aliphatic heterocycles. The standard InChI is InChI=1S/C33H30N2O3/c1-37-32-22-26(17-18-31(32)38-24-25-10-3-2-4-11-25)23-35(21-19-28-14-7-8-20-34-28)33(36)30-16-9-13-27-12-5-6-15-29(27)30/h2-18,20,22H,19,21,23-24H2,1H3. The molecule has 0 saturated heterocycles. The van der Waals surface area contributed by atoms with Crippen molar-refractivity contribution < 1.29 is 14.3 Å². The molecule has 4 aromatic carbocycles. The van der Waals surface area contributed by atoms with Gasteiger partial charge in [-0.15, -0.1) is 0 Å². The molecule has 0 fully saturated rings. The number of rotatable bonds is 10. The fraction of sp³-hybridized carbons (Fsp3) is 0.152. The number of carbonyl (C=O) groups excluding carboxylic acids is 1. The lowest BCUT2D eigenvalue weighted by molar-refractivity contribution is 0.0746. The summed E-state index contributed by atoms with van der Waals surface area (Å²) in [6.07, 6.45) is 2.44. The van der Waals surface area contributed by atoms with Gasteiger partial charge in [0.25, 0.3) is 5.91 Å². The zero-order valence-corrected chi connectivity index (χ0v) is 21.4. The van der Waals surface area contributed by atoms with Gasteiger partial charge in [-0.3, -0.25) is 9.78 Å². The summed E-state index contributed by atoms with van der Waals surface area (Å²) in [7, 11) is 1.63. The van der Waals surface area contributed by atoms with Crippen molar-refractivity contribution in [3.05, 3.63) is 138 Å². The van der Waals surface area contributed by atoms with Crippen molar-refractivity contribution in [2.24, 2.45) is 0 Å². The highest BCUT2D eigenvalue weighted by Gasteiger charge is 2.19. The zero-order valence-electron chi connectivity index (χ0n) is 21.4. The van der Waals surface area contributed by atoms with Crippen molar-refractivity contribution in [1.82, 2.24) is 9.88 Å². The quantitative estimate of drug-likeness (QED) is 0.213. The third-order valence-electron chi connectivity index (χ3n) is 6.51. The Morgan fingerprint density at radius 2 is 1.58 bits per heavy atom. The van der Waals surface area contributed by atoms with E-state index in [9.17, 15) is 4.79 Å². The van der Waals surface area contributed by atoms with Crippen molar-refractivity contribution in [2.75, 3.05) is 13.7 Å². The van der Waals surface area contributed by atoms with Crippen LogP contribution in [-0.4, -0.2) is 29.4 Å². The molecule has 1 heterocycles. The van der Waals surface area contributed by atoms with Crippen LogP contribution in [0.1, 0.15) is 27.2 Å². The number of fused-ring (bicyclic) bond motifs is 1. The SMILES string of the molecule is COc1cc(CN(CCc2ccccn2)C(=O)c2cccc3ccccc23)ccc1OCc1ccccc1. The Hall–Kier alpha value is -4.64. The fourth-order valence-electron chi connectivity index (χ4n) is 4.52. The minimum Gasteiger partial charge on any atom is -0.493 e. The molecule has 190 valence electrons. The van der Waals surface area contributed by atoms with Crippen molar-refractivity contribution in [3.63, 3.8) is 0 Å². The Morgan fingerprint density at radius 1 is 0.789 bits per heavy atom. The number of benzene rings is 4. The molecule has 1 amide bonds. The van der Waals surface area contributed by atoms with E-state index in [4.69, 9.17) is 9.47 Å². The topological polar surface area (TPSA) is 51.7 Å². The lowest BCUT2D eigenvalue weighted by Crippen LogP contribution is -2.32. The first-order valence-electron chi connectivity index (χ1n) is 12.7. The molecule has 1 aromatic heterocycles. The highest BCUT2D eigenvalue weighted by Crippen LogP contribution is 2.30. The number of nitrogens with zero attached hydrogens (tertiary/aromatic N) is 2. The summed E-state index contributed by atoms with van der Waals surface area (Å²) in [4.78, 5) is 20.2. The summed E-state index contributed by atoms with van der Waals surface area (Å²) in [5.74, 6) is 1.29. The number of hydrogen-bond acceptors (Lipinski definition) is 4. The smallest absolute Gasteiger partial charge is 0.254 e. The molecule has 0 bridgehead atoms. The van der Waals surface area contributed by atoms with Crippen molar-refractivity contribution in [1.29, 1.82) is 0 Å². The van der Waals surface area contributed by atoms with E-state index in [0.29, 0.717) is 43.2 Å². The number of pyridine rings is 1. The average Bonchev–Trinajstić information content (AvgIpc) is 2.98. The summed E-state index contributed by atoms with van der Waals surface area (Å²) in [5.41, 5.74) is 3.69. The second kappa shape index (κ2) is 12.1. The summed E-state index contributed by atoms with van der Waals surface area (Å²) < 4.78 is 11.7. The Balaban J connectivity index is 1.39. The van der Waals surface area contributed by atoms with Gasteiger partial charge in [0.1, 0.15) is 6.61 Å². The van der Waals surface area contributed by atoms with Gasteiger partial charge in [0.15, 0.2) is 11.5 Å². The average molecular weight is 503 g/mol. The normalized spacial score (nSPS) is 10.8. The molecule has 0 radical (unpaired) electrons. The summed E-state index contributed by atoms with van der Waals surface area (Å²) in [5, 5.41) is 2.00. The largest absolute Gasteiger partial charge is 0.493 e. The van der Waals surface area contributed by atoms with E-state index < -0.39 is 0 Å². The van der Waals surface area contributed by atoms with Gasteiger partial charge in [-0.05, 0) is 52.2 Å². The van der Waals surface area contributed by atoms with E-state index in [1.165, 1.54) is 0 Å². The molecule has 38 heavy (non-hydrogen) atoms. The molecule has 0 aliphatic carbocycles. The molecular formula is C33H30N2O3. The molecular weight excluding hydrogens is 472 g/mol. The predicted octanol–water partition coefficient (Wildman–Crippen LogP) is 6.71. The van der Waals surface area contributed by atoms with Gasteiger partial charge in [-0.2, -0.15) is 0 Å². The molecule has 5 heteroatoms. The Bertz CT molecular complexity index is 1500. The van der Waals surface area contributed by atoms with Gasteiger partial charge >= 0.3 is 0 Å². The molecule has 0 aliphatic rings. The van der Waals surface area contributed by atoms with E-state index in [1.807, 2.05) is 114 Å². The van der Waals surface area contributed by atoms with Crippen LogP contribution in [0, 0.1) is 0 Å². The van der Waals surface area contributed by atoms with Gasteiger partial charge in [0, 0.05) is 37.0 Å². The zero-order chi connectivity index (χ0) is 26.2. The number of ether oxygens (including phenoxy) is 2. The molecule has 0 spiro atoms. The third-order valence-corrected chi connectivity index (χ3v) is 6.51. The number of methoxy groups -OCH3 is 1. The molecule has 5 nitrogen and oxygen atoms in total. The second-order valence-corrected chi connectivity index (χ2v) is 9.08. The van der Waals surface area contributed by atoms with Crippen LogP contribution >= 0.6 is 0 Å². The van der Waals surface area contributed by atoms with Crippen molar-refractivity contribution >= 4 is 16.7 Å². The first-order valence-corrected chi connectivity index (χ1v) is 12.7.